The summed E-state index contributed by atoms with van der Waals surface area (Å²) in [5.41, 5.74) is 0.618. The van der Waals surface area contributed by atoms with Gasteiger partial charge in [0.25, 0.3) is 0 Å². The van der Waals surface area contributed by atoms with E-state index in [0.717, 1.165) is 46.9 Å². The van der Waals surface area contributed by atoms with E-state index in [1.807, 2.05) is 30.3 Å². The van der Waals surface area contributed by atoms with Crippen LogP contribution < -0.4 is 0 Å². The van der Waals surface area contributed by atoms with Crippen molar-refractivity contribution in [2.24, 2.45) is 0 Å². The Morgan fingerprint density at radius 3 is 2.29 bits per heavy atom. The summed E-state index contributed by atoms with van der Waals surface area (Å²) in [4.78, 5) is 18.8. The lowest BCUT2D eigenvalue weighted by molar-refractivity contribution is -0.143. The first kappa shape index (κ1) is 26.1. The van der Waals surface area contributed by atoms with E-state index in [0.29, 0.717) is 18.6 Å². The molecule has 2 atom stereocenters. The number of pyridine rings is 1. The Kier molecular flexibility index (Phi) is 6.61. The van der Waals surface area contributed by atoms with Gasteiger partial charge in [-0.1, -0.05) is 24.3 Å². The van der Waals surface area contributed by atoms with Crippen molar-refractivity contribution in [3.8, 4) is 0 Å². The number of carbonyl (C=O) groups excluding carboxylic acids is 1. The van der Waals surface area contributed by atoms with Crippen molar-refractivity contribution in [3.05, 3.63) is 82.6 Å². The van der Waals surface area contributed by atoms with Crippen LogP contribution in [0.3, 0.4) is 0 Å². The predicted octanol–water partition coefficient (Wildman–Crippen LogP) is 8.18. The molecule has 4 nitrogen and oxygen atoms in total. The van der Waals surface area contributed by atoms with Crippen LogP contribution in [0.15, 0.2) is 60.3 Å². The molecule has 1 amide bonds. The molecule has 0 bridgehead atoms. The first-order valence-corrected chi connectivity index (χ1v) is 12.2. The summed E-state index contributed by atoms with van der Waals surface area (Å²) in [6, 6.07) is 10.2. The second kappa shape index (κ2) is 9.63. The van der Waals surface area contributed by atoms with Gasteiger partial charge >= 0.3 is 18.4 Å². The minimum atomic E-state index is -4.99. The van der Waals surface area contributed by atoms with Gasteiger partial charge in [-0.05, 0) is 73.6 Å². The van der Waals surface area contributed by atoms with Crippen LogP contribution in [0.25, 0.3) is 16.5 Å². The van der Waals surface area contributed by atoms with Gasteiger partial charge in [-0.2, -0.15) is 26.3 Å². The van der Waals surface area contributed by atoms with Crippen molar-refractivity contribution >= 4 is 22.6 Å². The SMILES string of the molecule is C[C@H]1[C@@H](c2cc(C(F)(F)F)cc(C(F)(F)F)c2)OC(=O)N1CC1=C(c2cccc3cccnc23)CCCC1. The molecule has 0 N–H and O–H groups in total. The molecule has 1 aliphatic heterocycles. The molecule has 200 valence electrons. The van der Waals surface area contributed by atoms with Gasteiger partial charge in [-0.25, -0.2) is 4.79 Å². The van der Waals surface area contributed by atoms with E-state index in [4.69, 9.17) is 4.74 Å². The molecule has 1 saturated heterocycles. The minimum absolute atomic E-state index is 0.0695. The fraction of sp³-hybridized carbons (Fsp3) is 0.357. The number of cyclic esters (lactones) is 1. The number of ether oxygens (including phenoxy) is 1. The van der Waals surface area contributed by atoms with Gasteiger partial charge in [-0.3, -0.25) is 9.88 Å². The number of nitrogens with zero attached hydrogens (tertiary/aromatic N) is 2. The number of allylic oxidation sites excluding steroid dienone is 1. The first-order valence-electron chi connectivity index (χ1n) is 12.2. The van der Waals surface area contributed by atoms with Gasteiger partial charge < -0.3 is 4.74 Å². The molecule has 2 aromatic carbocycles. The fourth-order valence-corrected chi connectivity index (χ4v) is 5.32. The van der Waals surface area contributed by atoms with Gasteiger partial charge in [0.2, 0.25) is 0 Å². The topological polar surface area (TPSA) is 42.4 Å². The highest BCUT2D eigenvalue weighted by Gasteiger charge is 2.43. The van der Waals surface area contributed by atoms with E-state index < -0.39 is 41.7 Å². The van der Waals surface area contributed by atoms with Crippen molar-refractivity contribution < 1.29 is 35.9 Å². The van der Waals surface area contributed by atoms with Crippen LogP contribution in [0.2, 0.25) is 0 Å². The molecule has 1 aliphatic carbocycles. The highest BCUT2D eigenvalue weighted by Crippen LogP contribution is 2.42. The summed E-state index contributed by atoms with van der Waals surface area (Å²) >= 11 is 0. The van der Waals surface area contributed by atoms with Crippen LogP contribution in [0.5, 0.6) is 0 Å². The average molecular weight is 535 g/mol. The number of alkyl halides is 6. The van der Waals surface area contributed by atoms with E-state index >= 15 is 0 Å². The number of hydrogen-bond acceptors (Lipinski definition) is 3. The molecule has 1 aromatic heterocycles. The number of fused-ring (bicyclic) bond motifs is 1. The molecule has 0 radical (unpaired) electrons. The van der Waals surface area contributed by atoms with Crippen molar-refractivity contribution in [2.75, 3.05) is 6.54 Å². The zero-order chi connectivity index (χ0) is 27.2. The maximum atomic E-state index is 13.4. The largest absolute Gasteiger partial charge is 0.439 e. The molecule has 0 spiro atoms. The normalized spacial score (nSPS) is 20.8. The number of benzene rings is 2. The van der Waals surface area contributed by atoms with E-state index in [9.17, 15) is 31.1 Å². The maximum Gasteiger partial charge on any atom is 0.416 e. The number of rotatable bonds is 4. The highest BCUT2D eigenvalue weighted by molar-refractivity contribution is 5.92. The molecule has 38 heavy (non-hydrogen) atoms. The summed E-state index contributed by atoms with van der Waals surface area (Å²) in [5.74, 6) is 0. The third-order valence-electron chi connectivity index (χ3n) is 7.23. The number of carbonyl (C=O) groups is 1. The Balaban J connectivity index is 1.49. The molecule has 10 heteroatoms. The van der Waals surface area contributed by atoms with Crippen molar-refractivity contribution in [3.63, 3.8) is 0 Å². The van der Waals surface area contributed by atoms with E-state index in [1.54, 1.807) is 13.1 Å². The molecular formula is C28H24F6N2O2. The molecular weight excluding hydrogens is 510 g/mol. The summed E-state index contributed by atoms with van der Waals surface area (Å²) in [6.07, 6.45) is -6.99. The van der Waals surface area contributed by atoms with Crippen LogP contribution in [-0.4, -0.2) is 28.6 Å². The van der Waals surface area contributed by atoms with Crippen molar-refractivity contribution in [1.29, 1.82) is 0 Å². The lowest BCUT2D eigenvalue weighted by Gasteiger charge is -2.27. The lowest BCUT2D eigenvalue weighted by Crippen LogP contribution is -2.34. The number of hydrogen-bond donors (Lipinski definition) is 0. The molecule has 1 fully saturated rings. The maximum absolute atomic E-state index is 13.4. The summed E-state index contributed by atoms with van der Waals surface area (Å²) < 4.78 is 85.8. The van der Waals surface area contributed by atoms with Gasteiger partial charge in [-0.15, -0.1) is 0 Å². The third kappa shape index (κ3) is 4.96. The van der Waals surface area contributed by atoms with Gasteiger partial charge in [0.05, 0.1) is 22.7 Å². The monoisotopic (exact) mass is 534 g/mol. The predicted molar refractivity (Wildman–Crippen MR) is 129 cm³/mol. The van der Waals surface area contributed by atoms with Crippen LogP contribution >= 0.6 is 0 Å². The number of halogens is 6. The summed E-state index contributed by atoms with van der Waals surface area (Å²) in [6.45, 7) is 1.74. The van der Waals surface area contributed by atoms with Gasteiger partial charge in [0.1, 0.15) is 6.10 Å². The fourth-order valence-electron chi connectivity index (χ4n) is 5.32. The standard InChI is InChI=1S/C28H24F6N2O2/c1-16-25(19-12-20(27(29,30)31)14-21(13-19)28(32,33)34)38-26(37)36(16)15-18-6-2-3-9-22(18)23-10-4-7-17-8-5-11-35-24(17)23/h4-5,7-8,10-14,16,25H,2-3,6,9,15H2,1H3/t16-,25-/m0/s1. The molecule has 0 unspecified atom stereocenters. The zero-order valence-electron chi connectivity index (χ0n) is 20.4. The Hall–Kier alpha value is -3.56. The Bertz CT molecular complexity index is 1370. The minimum Gasteiger partial charge on any atom is -0.439 e. The van der Waals surface area contributed by atoms with E-state index in [1.165, 1.54) is 4.90 Å². The van der Waals surface area contributed by atoms with Gasteiger partial charge in [0.15, 0.2) is 0 Å². The molecule has 3 aromatic rings. The molecule has 0 saturated carbocycles. The Labute approximate surface area is 214 Å². The van der Waals surface area contributed by atoms with Crippen LogP contribution in [0, 0.1) is 0 Å². The smallest absolute Gasteiger partial charge is 0.416 e. The average Bonchev–Trinajstić information content (AvgIpc) is 3.16. The molecule has 5 rings (SSSR count). The van der Waals surface area contributed by atoms with E-state index in [2.05, 4.69) is 4.98 Å². The van der Waals surface area contributed by atoms with Crippen molar-refractivity contribution in [2.45, 2.75) is 57.1 Å². The highest BCUT2D eigenvalue weighted by atomic mass is 19.4. The molecule has 2 heterocycles. The number of para-hydroxylation sites is 1. The summed E-state index contributed by atoms with van der Waals surface area (Å²) in [5, 5.41) is 0.974. The Morgan fingerprint density at radius 2 is 1.61 bits per heavy atom. The molecule has 2 aliphatic rings. The second-order valence-corrected chi connectivity index (χ2v) is 9.68. The Morgan fingerprint density at radius 1 is 0.947 bits per heavy atom. The third-order valence-corrected chi connectivity index (χ3v) is 7.23. The van der Waals surface area contributed by atoms with Crippen LogP contribution in [0.4, 0.5) is 31.1 Å². The second-order valence-electron chi connectivity index (χ2n) is 9.68. The number of aromatic nitrogens is 1. The van der Waals surface area contributed by atoms with Crippen molar-refractivity contribution in [1.82, 2.24) is 9.88 Å². The van der Waals surface area contributed by atoms with E-state index in [-0.39, 0.29) is 18.2 Å². The summed E-state index contributed by atoms with van der Waals surface area (Å²) in [7, 11) is 0. The van der Waals surface area contributed by atoms with Crippen LogP contribution in [-0.2, 0) is 17.1 Å². The first-order chi connectivity index (χ1) is 17.9. The zero-order valence-corrected chi connectivity index (χ0v) is 20.4. The van der Waals surface area contributed by atoms with Crippen LogP contribution in [0.1, 0.15) is 61.0 Å². The number of amides is 1. The lowest BCUT2D eigenvalue weighted by atomic mass is 9.86. The van der Waals surface area contributed by atoms with Gasteiger partial charge in [0, 0.05) is 23.7 Å². The quantitative estimate of drug-likeness (QED) is 0.317.